The minimum Gasteiger partial charge on any atom is -0.171 e. The fraction of sp³-hybridized carbons (Fsp3) is 1.00. The molecule has 0 nitrogen and oxygen atoms in total. The third-order valence-corrected chi connectivity index (χ3v) is 2.18. The zero-order chi connectivity index (χ0) is 8.48. The zero-order valence-corrected chi connectivity index (χ0v) is 6.19. The molecule has 2 unspecified atom stereocenters. The summed E-state index contributed by atoms with van der Waals surface area (Å²) < 4.78 is 36.2. The number of hydrogen-bond donors (Lipinski definition) is 0. The summed E-state index contributed by atoms with van der Waals surface area (Å²) in [6.45, 7) is 0. The lowest BCUT2D eigenvalue weighted by Crippen LogP contribution is -2.27. The van der Waals surface area contributed by atoms with E-state index in [1.807, 2.05) is 0 Å². The van der Waals surface area contributed by atoms with Crippen LogP contribution in [-0.4, -0.2) is 14.0 Å². The minimum absolute atomic E-state index is 0.115. The van der Waals surface area contributed by atoms with Crippen LogP contribution < -0.4 is 0 Å². The van der Waals surface area contributed by atoms with Gasteiger partial charge in [0.05, 0.1) is 13.8 Å². The first-order valence-corrected chi connectivity index (χ1v) is 3.82. The SMILES string of the molecule is [B]C1CCCC(C(F)(F)F)C1. The Morgan fingerprint density at radius 3 is 2.18 bits per heavy atom. The van der Waals surface area contributed by atoms with E-state index in [1.54, 1.807) is 0 Å². The topological polar surface area (TPSA) is 0 Å². The molecule has 1 saturated carbocycles. The number of hydrogen-bond acceptors (Lipinski definition) is 0. The Hall–Kier alpha value is -0.145. The molecule has 1 aliphatic rings. The Morgan fingerprint density at radius 1 is 1.18 bits per heavy atom. The Labute approximate surface area is 65.6 Å². The van der Waals surface area contributed by atoms with Crippen LogP contribution in [0.3, 0.4) is 0 Å². The molecule has 4 heteroatoms. The normalized spacial score (nSPS) is 33.7. The van der Waals surface area contributed by atoms with Gasteiger partial charge < -0.3 is 0 Å². The highest BCUT2D eigenvalue weighted by Crippen LogP contribution is 2.40. The minimum atomic E-state index is -4.03. The maximum atomic E-state index is 12.1. The number of halogens is 3. The molecule has 1 fully saturated rings. The van der Waals surface area contributed by atoms with Crippen molar-refractivity contribution < 1.29 is 13.2 Å². The highest BCUT2D eigenvalue weighted by molar-refractivity contribution is 6.11. The summed E-state index contributed by atoms with van der Waals surface area (Å²) in [5.74, 6) is -1.39. The van der Waals surface area contributed by atoms with Crippen molar-refractivity contribution in [1.29, 1.82) is 0 Å². The Bertz CT molecular complexity index is 132. The molecular formula is C7H10BF3. The van der Waals surface area contributed by atoms with Crippen LogP contribution in [0.5, 0.6) is 0 Å². The van der Waals surface area contributed by atoms with E-state index in [-0.39, 0.29) is 18.7 Å². The molecule has 2 radical (unpaired) electrons. The average Bonchev–Trinajstić information content (AvgIpc) is 1.86. The molecule has 2 atom stereocenters. The first kappa shape index (κ1) is 8.95. The lowest BCUT2D eigenvalue weighted by molar-refractivity contribution is -0.181. The Balaban J connectivity index is 2.46. The molecule has 0 aromatic heterocycles. The van der Waals surface area contributed by atoms with E-state index in [2.05, 4.69) is 0 Å². The van der Waals surface area contributed by atoms with Crippen molar-refractivity contribution in [3.8, 4) is 0 Å². The Kier molecular flexibility index (Phi) is 2.50. The van der Waals surface area contributed by atoms with Crippen molar-refractivity contribution in [2.45, 2.75) is 37.7 Å². The number of rotatable bonds is 0. The van der Waals surface area contributed by atoms with Crippen LogP contribution in [0, 0.1) is 5.92 Å². The Morgan fingerprint density at radius 2 is 1.82 bits per heavy atom. The van der Waals surface area contributed by atoms with Gasteiger partial charge in [0.25, 0.3) is 0 Å². The molecule has 0 heterocycles. The van der Waals surface area contributed by atoms with E-state index < -0.39 is 12.1 Å². The molecule has 1 aliphatic carbocycles. The molecule has 0 aromatic rings. The third-order valence-electron chi connectivity index (χ3n) is 2.18. The van der Waals surface area contributed by atoms with Gasteiger partial charge in [0, 0.05) is 0 Å². The summed E-state index contributed by atoms with van der Waals surface area (Å²) in [4.78, 5) is 0. The molecule has 11 heavy (non-hydrogen) atoms. The van der Waals surface area contributed by atoms with Crippen LogP contribution in [0.1, 0.15) is 25.7 Å². The fourth-order valence-electron chi connectivity index (χ4n) is 1.52. The van der Waals surface area contributed by atoms with E-state index >= 15 is 0 Å². The van der Waals surface area contributed by atoms with Crippen molar-refractivity contribution in [2.24, 2.45) is 5.92 Å². The highest BCUT2D eigenvalue weighted by Gasteiger charge is 2.40. The van der Waals surface area contributed by atoms with Gasteiger partial charge in [-0.15, -0.1) is 0 Å². The second-order valence-electron chi connectivity index (χ2n) is 3.17. The second-order valence-corrected chi connectivity index (χ2v) is 3.17. The summed E-state index contributed by atoms with van der Waals surface area (Å²) in [6, 6.07) is 0. The van der Waals surface area contributed by atoms with Gasteiger partial charge in [0.1, 0.15) is 0 Å². The summed E-state index contributed by atoms with van der Waals surface area (Å²) in [5, 5.41) is 0. The molecule has 0 N–H and O–H groups in total. The van der Waals surface area contributed by atoms with Gasteiger partial charge in [-0.25, -0.2) is 0 Å². The largest absolute Gasteiger partial charge is 0.391 e. The van der Waals surface area contributed by atoms with Crippen LogP contribution in [0.2, 0.25) is 5.82 Å². The monoisotopic (exact) mass is 162 g/mol. The molecule has 1 rings (SSSR count). The quantitative estimate of drug-likeness (QED) is 0.480. The first-order valence-electron chi connectivity index (χ1n) is 3.82. The van der Waals surface area contributed by atoms with E-state index in [1.165, 1.54) is 0 Å². The predicted molar refractivity (Wildman–Crippen MR) is 37.5 cm³/mol. The standard InChI is InChI=1S/C7H10BF3/c8-6-3-1-2-5(4-6)7(9,10)11/h5-6H,1-4H2. The molecule has 0 aliphatic heterocycles. The maximum absolute atomic E-state index is 12.1. The van der Waals surface area contributed by atoms with Crippen molar-refractivity contribution in [2.75, 3.05) is 0 Å². The molecule has 0 bridgehead atoms. The smallest absolute Gasteiger partial charge is 0.171 e. The van der Waals surface area contributed by atoms with Crippen molar-refractivity contribution in [3.05, 3.63) is 0 Å². The van der Waals surface area contributed by atoms with Gasteiger partial charge >= 0.3 is 6.18 Å². The van der Waals surface area contributed by atoms with Crippen LogP contribution in [0.25, 0.3) is 0 Å². The van der Waals surface area contributed by atoms with E-state index in [9.17, 15) is 13.2 Å². The molecule has 0 saturated heterocycles. The average molecular weight is 162 g/mol. The molecule has 62 valence electrons. The zero-order valence-electron chi connectivity index (χ0n) is 6.19. The van der Waals surface area contributed by atoms with E-state index in [0.29, 0.717) is 6.42 Å². The van der Waals surface area contributed by atoms with Gasteiger partial charge in [0.15, 0.2) is 0 Å². The lowest BCUT2D eigenvalue weighted by atomic mass is 9.71. The summed E-state index contributed by atoms with van der Waals surface area (Å²) in [7, 11) is 5.42. The fourth-order valence-corrected chi connectivity index (χ4v) is 1.52. The highest BCUT2D eigenvalue weighted by atomic mass is 19.4. The van der Waals surface area contributed by atoms with Crippen LogP contribution >= 0.6 is 0 Å². The molecule has 0 spiro atoms. The summed E-state index contributed by atoms with van der Waals surface area (Å²) >= 11 is 0. The van der Waals surface area contributed by atoms with E-state index in [0.717, 1.165) is 6.42 Å². The molecule has 0 aromatic carbocycles. The number of alkyl halides is 3. The van der Waals surface area contributed by atoms with Gasteiger partial charge in [-0.2, -0.15) is 13.2 Å². The van der Waals surface area contributed by atoms with Crippen molar-refractivity contribution in [1.82, 2.24) is 0 Å². The second kappa shape index (κ2) is 3.07. The van der Waals surface area contributed by atoms with Crippen LogP contribution in [0.15, 0.2) is 0 Å². The van der Waals surface area contributed by atoms with Gasteiger partial charge in [-0.05, 0) is 12.8 Å². The molecular weight excluding hydrogens is 152 g/mol. The van der Waals surface area contributed by atoms with Crippen molar-refractivity contribution >= 4 is 7.85 Å². The van der Waals surface area contributed by atoms with Crippen LogP contribution in [0.4, 0.5) is 13.2 Å². The summed E-state index contributed by atoms with van der Waals surface area (Å²) in [5.41, 5.74) is 0. The maximum Gasteiger partial charge on any atom is 0.391 e. The van der Waals surface area contributed by atoms with Gasteiger partial charge in [0.2, 0.25) is 0 Å². The van der Waals surface area contributed by atoms with Gasteiger partial charge in [-0.3, -0.25) is 0 Å². The van der Waals surface area contributed by atoms with Crippen LogP contribution in [-0.2, 0) is 0 Å². The lowest BCUT2D eigenvalue weighted by Gasteiger charge is -2.28. The van der Waals surface area contributed by atoms with Crippen molar-refractivity contribution in [3.63, 3.8) is 0 Å². The van der Waals surface area contributed by atoms with Gasteiger partial charge in [-0.1, -0.05) is 18.7 Å². The summed E-state index contributed by atoms with van der Waals surface area (Å²) in [6.07, 6.45) is -2.29. The first-order chi connectivity index (χ1) is 5.00. The third kappa shape index (κ3) is 2.42. The molecule has 0 amide bonds. The van der Waals surface area contributed by atoms with E-state index in [4.69, 9.17) is 7.85 Å². The predicted octanol–water partition coefficient (Wildman–Crippen LogP) is 2.70.